The summed E-state index contributed by atoms with van der Waals surface area (Å²) >= 11 is 7.24. The molecule has 0 aliphatic carbocycles. The summed E-state index contributed by atoms with van der Waals surface area (Å²) in [5, 5.41) is 4.62. The number of hydrogen-bond donors (Lipinski definition) is 1. The summed E-state index contributed by atoms with van der Waals surface area (Å²) in [4.78, 5) is 11.3. The Morgan fingerprint density at radius 3 is 3.00 bits per heavy atom. The van der Waals surface area contributed by atoms with Crippen molar-refractivity contribution >= 4 is 34.5 Å². The van der Waals surface area contributed by atoms with Gasteiger partial charge in [-0.3, -0.25) is 4.79 Å². The summed E-state index contributed by atoms with van der Waals surface area (Å²) in [6, 6.07) is 1.82. The maximum atomic E-state index is 11.3. The summed E-state index contributed by atoms with van der Waals surface area (Å²) in [7, 11) is 0. The molecule has 1 aromatic rings. The first-order valence-electron chi connectivity index (χ1n) is 4.27. The van der Waals surface area contributed by atoms with Gasteiger partial charge in [-0.2, -0.15) is 0 Å². The van der Waals surface area contributed by atoms with Crippen LogP contribution in [0.5, 0.6) is 0 Å². The second kappa shape index (κ2) is 5.25. The number of carbonyl (C=O) groups is 1. The number of hydrogen-bond acceptors (Lipinski definition) is 2. The number of carbonyl (C=O) groups excluding carboxylic acids is 1. The topological polar surface area (TPSA) is 29.1 Å². The molecule has 0 aromatic carbocycles. The zero-order chi connectivity index (χ0) is 9.68. The highest BCUT2D eigenvalue weighted by Crippen LogP contribution is 2.27. The van der Waals surface area contributed by atoms with E-state index in [9.17, 15) is 4.79 Å². The van der Waals surface area contributed by atoms with Crippen molar-refractivity contribution in [2.75, 3.05) is 5.32 Å². The van der Waals surface area contributed by atoms with Gasteiger partial charge in [-0.25, -0.2) is 0 Å². The van der Waals surface area contributed by atoms with Crippen LogP contribution in [0.1, 0.15) is 26.2 Å². The normalized spacial score (nSPS) is 10.0. The third kappa shape index (κ3) is 3.36. The van der Waals surface area contributed by atoms with Crippen LogP contribution in [0.25, 0.3) is 0 Å². The Labute approximate surface area is 86.9 Å². The molecule has 1 aromatic heterocycles. The molecule has 13 heavy (non-hydrogen) atoms. The Balaban J connectivity index is 2.41. The van der Waals surface area contributed by atoms with Crippen molar-refractivity contribution in [3.05, 3.63) is 15.8 Å². The van der Waals surface area contributed by atoms with Gasteiger partial charge in [-0.15, -0.1) is 11.3 Å². The Bertz CT molecular complexity index is 285. The maximum Gasteiger partial charge on any atom is 0.224 e. The SMILES string of the molecule is CCCCC(=O)Nc1ccsc1Cl. The molecular formula is C9H12ClNOS. The number of unbranched alkanes of at least 4 members (excludes halogenated alkanes) is 1. The predicted octanol–water partition coefficient (Wildman–Crippen LogP) is 3.53. The summed E-state index contributed by atoms with van der Waals surface area (Å²) < 4.78 is 0.643. The van der Waals surface area contributed by atoms with Crippen molar-refractivity contribution in [1.29, 1.82) is 0 Å². The molecule has 4 heteroatoms. The molecule has 1 rings (SSSR count). The van der Waals surface area contributed by atoms with E-state index in [1.54, 1.807) is 0 Å². The average Bonchev–Trinajstić information content (AvgIpc) is 2.48. The fraction of sp³-hybridized carbons (Fsp3) is 0.444. The quantitative estimate of drug-likeness (QED) is 0.822. The number of amides is 1. The third-order valence-corrected chi connectivity index (χ3v) is 2.82. The van der Waals surface area contributed by atoms with E-state index in [2.05, 4.69) is 12.2 Å². The van der Waals surface area contributed by atoms with Crippen LogP contribution in [-0.2, 0) is 4.79 Å². The molecule has 0 saturated heterocycles. The molecule has 0 saturated carbocycles. The van der Waals surface area contributed by atoms with Crippen LogP contribution in [0, 0.1) is 0 Å². The highest BCUT2D eigenvalue weighted by atomic mass is 35.5. The molecule has 1 amide bonds. The summed E-state index contributed by atoms with van der Waals surface area (Å²) in [6.45, 7) is 2.06. The largest absolute Gasteiger partial charge is 0.324 e. The van der Waals surface area contributed by atoms with E-state index in [-0.39, 0.29) is 5.91 Å². The minimum absolute atomic E-state index is 0.0437. The Morgan fingerprint density at radius 2 is 2.46 bits per heavy atom. The Hall–Kier alpha value is -0.540. The van der Waals surface area contributed by atoms with E-state index in [0.29, 0.717) is 10.8 Å². The number of thiophene rings is 1. The molecule has 1 N–H and O–H groups in total. The van der Waals surface area contributed by atoms with Gasteiger partial charge in [0, 0.05) is 6.42 Å². The molecule has 2 nitrogen and oxygen atoms in total. The number of halogens is 1. The molecule has 0 unspecified atom stereocenters. The van der Waals surface area contributed by atoms with Crippen molar-refractivity contribution in [3.8, 4) is 0 Å². The molecular weight excluding hydrogens is 206 g/mol. The van der Waals surface area contributed by atoms with Gasteiger partial charge < -0.3 is 5.32 Å². The Morgan fingerprint density at radius 1 is 1.69 bits per heavy atom. The van der Waals surface area contributed by atoms with Gasteiger partial charge in [0.1, 0.15) is 4.34 Å². The van der Waals surface area contributed by atoms with Gasteiger partial charge in [0.2, 0.25) is 5.91 Å². The van der Waals surface area contributed by atoms with Crippen molar-refractivity contribution in [2.24, 2.45) is 0 Å². The van der Waals surface area contributed by atoms with Crippen molar-refractivity contribution in [3.63, 3.8) is 0 Å². The van der Waals surface area contributed by atoms with Crippen LogP contribution in [0.15, 0.2) is 11.4 Å². The highest BCUT2D eigenvalue weighted by molar-refractivity contribution is 7.15. The lowest BCUT2D eigenvalue weighted by Crippen LogP contribution is -2.10. The lowest BCUT2D eigenvalue weighted by atomic mass is 10.2. The first-order chi connectivity index (χ1) is 6.24. The number of rotatable bonds is 4. The smallest absolute Gasteiger partial charge is 0.224 e. The van der Waals surface area contributed by atoms with E-state index in [4.69, 9.17) is 11.6 Å². The molecule has 0 aliphatic rings. The van der Waals surface area contributed by atoms with Crippen molar-refractivity contribution in [1.82, 2.24) is 0 Å². The first kappa shape index (κ1) is 10.5. The molecule has 0 aliphatic heterocycles. The van der Waals surface area contributed by atoms with Crippen LogP contribution in [0.3, 0.4) is 0 Å². The molecule has 72 valence electrons. The minimum Gasteiger partial charge on any atom is -0.324 e. The van der Waals surface area contributed by atoms with Crippen LogP contribution >= 0.6 is 22.9 Å². The fourth-order valence-corrected chi connectivity index (χ4v) is 1.77. The van der Waals surface area contributed by atoms with Crippen molar-refractivity contribution in [2.45, 2.75) is 26.2 Å². The zero-order valence-corrected chi connectivity index (χ0v) is 9.04. The molecule has 0 spiro atoms. The monoisotopic (exact) mass is 217 g/mol. The average molecular weight is 218 g/mol. The van der Waals surface area contributed by atoms with Gasteiger partial charge in [0.25, 0.3) is 0 Å². The predicted molar refractivity (Wildman–Crippen MR) is 57.5 cm³/mol. The molecule has 0 atom stereocenters. The molecule has 1 heterocycles. The summed E-state index contributed by atoms with van der Waals surface area (Å²) in [6.07, 6.45) is 2.53. The van der Waals surface area contributed by atoms with Gasteiger partial charge in [0.05, 0.1) is 5.69 Å². The first-order valence-corrected chi connectivity index (χ1v) is 5.52. The van der Waals surface area contributed by atoms with E-state index >= 15 is 0 Å². The van der Waals surface area contributed by atoms with Gasteiger partial charge >= 0.3 is 0 Å². The van der Waals surface area contributed by atoms with Crippen molar-refractivity contribution < 1.29 is 4.79 Å². The van der Waals surface area contributed by atoms with E-state index in [1.807, 2.05) is 11.4 Å². The van der Waals surface area contributed by atoms with Crippen LogP contribution in [0.4, 0.5) is 5.69 Å². The lowest BCUT2D eigenvalue weighted by molar-refractivity contribution is -0.116. The molecule has 0 bridgehead atoms. The van der Waals surface area contributed by atoms with E-state index in [0.717, 1.165) is 18.5 Å². The van der Waals surface area contributed by atoms with Crippen LogP contribution < -0.4 is 5.32 Å². The number of nitrogens with one attached hydrogen (secondary N) is 1. The van der Waals surface area contributed by atoms with Crippen LogP contribution in [0.2, 0.25) is 4.34 Å². The Kier molecular flexibility index (Phi) is 4.25. The molecule has 0 fully saturated rings. The second-order valence-electron chi connectivity index (χ2n) is 2.76. The lowest BCUT2D eigenvalue weighted by Gasteiger charge is -2.01. The van der Waals surface area contributed by atoms with Crippen LogP contribution in [-0.4, -0.2) is 5.91 Å². The summed E-state index contributed by atoms with van der Waals surface area (Å²) in [5.41, 5.74) is 0.729. The zero-order valence-electron chi connectivity index (χ0n) is 7.47. The molecule has 0 radical (unpaired) electrons. The minimum atomic E-state index is 0.0437. The van der Waals surface area contributed by atoms with Gasteiger partial charge in [0.15, 0.2) is 0 Å². The highest BCUT2D eigenvalue weighted by Gasteiger charge is 2.05. The third-order valence-electron chi connectivity index (χ3n) is 1.65. The summed E-state index contributed by atoms with van der Waals surface area (Å²) in [5.74, 6) is 0.0437. The van der Waals surface area contributed by atoms with E-state index in [1.165, 1.54) is 11.3 Å². The number of anilines is 1. The van der Waals surface area contributed by atoms with E-state index < -0.39 is 0 Å². The maximum absolute atomic E-state index is 11.3. The standard InChI is InChI=1S/C9H12ClNOS/c1-2-3-4-8(12)11-7-5-6-13-9(7)10/h5-6H,2-4H2,1H3,(H,11,12). The fourth-order valence-electron chi connectivity index (χ4n) is 0.932. The second-order valence-corrected chi connectivity index (χ2v) is 4.28. The van der Waals surface area contributed by atoms with Gasteiger partial charge in [-0.05, 0) is 17.9 Å². The van der Waals surface area contributed by atoms with Gasteiger partial charge in [-0.1, -0.05) is 24.9 Å².